The van der Waals surface area contributed by atoms with Gasteiger partial charge >= 0.3 is 0 Å². The fourth-order valence-electron chi connectivity index (χ4n) is 3.84. The minimum atomic E-state index is -0.271. The van der Waals surface area contributed by atoms with Gasteiger partial charge in [0.25, 0.3) is 0 Å². The molecule has 0 heterocycles. The maximum atomic E-state index is 10.6. The maximum absolute atomic E-state index is 10.6. The highest BCUT2D eigenvalue weighted by atomic mass is 16.3. The Bertz CT molecular complexity index is 186. The molecule has 0 spiro atoms. The van der Waals surface area contributed by atoms with Crippen molar-refractivity contribution in [3.63, 3.8) is 0 Å². The Morgan fingerprint density at radius 1 is 1.31 bits per heavy atom. The topological polar surface area (TPSA) is 20.2 Å². The Morgan fingerprint density at radius 3 is 2.38 bits per heavy atom. The third kappa shape index (κ3) is 1.32. The van der Waals surface area contributed by atoms with Crippen LogP contribution in [0.2, 0.25) is 0 Å². The summed E-state index contributed by atoms with van der Waals surface area (Å²) < 4.78 is 0. The summed E-state index contributed by atoms with van der Waals surface area (Å²) in [7, 11) is 0. The lowest BCUT2D eigenvalue weighted by Crippen LogP contribution is -2.42. The van der Waals surface area contributed by atoms with E-state index < -0.39 is 0 Å². The quantitative estimate of drug-likeness (QED) is 0.711. The normalized spacial score (nSPS) is 43.4. The summed E-state index contributed by atoms with van der Waals surface area (Å²) in [6.45, 7) is 4.44. The predicted octanol–water partition coefficient (Wildman–Crippen LogP) is 2.97. The molecule has 2 bridgehead atoms. The lowest BCUT2D eigenvalue weighted by atomic mass is 9.73. The first-order valence-corrected chi connectivity index (χ1v) is 5.93. The van der Waals surface area contributed by atoms with Crippen molar-refractivity contribution in [3.8, 4) is 0 Å². The highest BCUT2D eigenvalue weighted by molar-refractivity contribution is 5.03. The average Bonchev–Trinajstić information content (AvgIpc) is 2.65. The van der Waals surface area contributed by atoms with Crippen LogP contribution in [0.3, 0.4) is 0 Å². The van der Waals surface area contributed by atoms with Gasteiger partial charge in [0.15, 0.2) is 0 Å². The van der Waals surface area contributed by atoms with Crippen molar-refractivity contribution in [1.82, 2.24) is 0 Å². The molecule has 76 valence electrons. The number of rotatable bonds is 3. The zero-order valence-electron chi connectivity index (χ0n) is 8.92. The lowest BCUT2D eigenvalue weighted by molar-refractivity contribution is -0.0674. The van der Waals surface area contributed by atoms with Crippen molar-refractivity contribution in [1.29, 1.82) is 0 Å². The highest BCUT2D eigenvalue weighted by Gasteiger charge is 2.52. The van der Waals surface area contributed by atoms with Crippen molar-refractivity contribution in [2.24, 2.45) is 17.8 Å². The zero-order chi connectivity index (χ0) is 9.47. The van der Waals surface area contributed by atoms with Crippen LogP contribution in [0.25, 0.3) is 0 Å². The monoisotopic (exact) mass is 182 g/mol. The van der Waals surface area contributed by atoms with E-state index in [1.807, 2.05) is 0 Å². The van der Waals surface area contributed by atoms with Crippen LogP contribution in [0.1, 0.15) is 52.4 Å². The summed E-state index contributed by atoms with van der Waals surface area (Å²) in [5.41, 5.74) is -0.271. The summed E-state index contributed by atoms with van der Waals surface area (Å²) in [6, 6.07) is 0. The summed E-state index contributed by atoms with van der Waals surface area (Å²) >= 11 is 0. The second-order valence-electron chi connectivity index (χ2n) is 5.08. The van der Waals surface area contributed by atoms with Crippen molar-refractivity contribution in [2.75, 3.05) is 0 Å². The number of hydrogen-bond donors (Lipinski definition) is 1. The van der Waals surface area contributed by atoms with E-state index in [0.717, 1.165) is 25.2 Å². The van der Waals surface area contributed by atoms with Gasteiger partial charge in [-0.2, -0.15) is 0 Å². The van der Waals surface area contributed by atoms with Crippen LogP contribution >= 0.6 is 0 Å². The Kier molecular flexibility index (Phi) is 2.39. The van der Waals surface area contributed by atoms with Crippen LogP contribution in [0.4, 0.5) is 0 Å². The van der Waals surface area contributed by atoms with Crippen LogP contribution < -0.4 is 0 Å². The Morgan fingerprint density at radius 2 is 2.00 bits per heavy atom. The summed E-state index contributed by atoms with van der Waals surface area (Å²) in [5, 5.41) is 10.6. The largest absolute Gasteiger partial charge is 0.389 e. The van der Waals surface area contributed by atoms with Gasteiger partial charge in [0.1, 0.15) is 0 Å². The van der Waals surface area contributed by atoms with Crippen molar-refractivity contribution in [2.45, 2.75) is 58.0 Å². The van der Waals surface area contributed by atoms with Gasteiger partial charge in [0.05, 0.1) is 5.60 Å². The van der Waals surface area contributed by atoms with E-state index in [4.69, 9.17) is 0 Å². The molecule has 0 aromatic carbocycles. The third-order valence-corrected chi connectivity index (χ3v) is 4.56. The number of fused-ring (bicyclic) bond motifs is 2. The molecule has 0 radical (unpaired) electrons. The molecule has 13 heavy (non-hydrogen) atoms. The average molecular weight is 182 g/mol. The first-order chi connectivity index (χ1) is 6.20. The van der Waals surface area contributed by atoms with Gasteiger partial charge in [-0.15, -0.1) is 0 Å². The number of aliphatic hydroxyl groups is 1. The molecular weight excluding hydrogens is 160 g/mol. The van der Waals surface area contributed by atoms with Crippen LogP contribution in [0.5, 0.6) is 0 Å². The summed E-state index contributed by atoms with van der Waals surface area (Å²) in [6.07, 6.45) is 7.38. The third-order valence-electron chi connectivity index (χ3n) is 4.56. The molecule has 3 atom stereocenters. The molecule has 1 nitrogen and oxygen atoms in total. The van der Waals surface area contributed by atoms with E-state index in [0.29, 0.717) is 11.8 Å². The summed E-state index contributed by atoms with van der Waals surface area (Å²) in [5.74, 6) is 2.06. The summed E-state index contributed by atoms with van der Waals surface area (Å²) in [4.78, 5) is 0. The second kappa shape index (κ2) is 3.27. The highest BCUT2D eigenvalue weighted by Crippen LogP contribution is 2.54. The number of hydrogen-bond acceptors (Lipinski definition) is 1. The van der Waals surface area contributed by atoms with E-state index in [2.05, 4.69) is 13.8 Å². The first kappa shape index (κ1) is 9.51. The minimum Gasteiger partial charge on any atom is -0.389 e. The molecule has 0 aromatic heterocycles. The van der Waals surface area contributed by atoms with E-state index in [9.17, 15) is 5.11 Å². The molecule has 1 N–H and O–H groups in total. The van der Waals surface area contributed by atoms with Crippen molar-refractivity contribution in [3.05, 3.63) is 0 Å². The van der Waals surface area contributed by atoms with Crippen LogP contribution in [0.15, 0.2) is 0 Å². The molecule has 2 saturated carbocycles. The van der Waals surface area contributed by atoms with Gasteiger partial charge in [0.2, 0.25) is 0 Å². The molecule has 0 saturated heterocycles. The molecule has 2 aliphatic rings. The van der Waals surface area contributed by atoms with Gasteiger partial charge in [-0.1, -0.05) is 26.7 Å². The van der Waals surface area contributed by atoms with Crippen LogP contribution in [0, 0.1) is 17.8 Å². The van der Waals surface area contributed by atoms with E-state index in [-0.39, 0.29) is 5.60 Å². The minimum absolute atomic E-state index is 0.271. The Labute approximate surface area is 81.5 Å². The smallest absolute Gasteiger partial charge is 0.0706 e. The van der Waals surface area contributed by atoms with Crippen molar-refractivity contribution < 1.29 is 5.11 Å². The second-order valence-corrected chi connectivity index (χ2v) is 5.08. The van der Waals surface area contributed by atoms with Gasteiger partial charge in [-0.25, -0.2) is 0 Å². The molecule has 2 fully saturated rings. The van der Waals surface area contributed by atoms with E-state index >= 15 is 0 Å². The Balaban J connectivity index is 2.11. The van der Waals surface area contributed by atoms with Crippen LogP contribution in [-0.4, -0.2) is 10.7 Å². The Hall–Kier alpha value is -0.0400. The van der Waals surface area contributed by atoms with Gasteiger partial charge in [-0.3, -0.25) is 0 Å². The molecule has 2 aliphatic carbocycles. The SMILES string of the molecule is CCC(CC)C1(O)CC2CCC1C2. The molecule has 1 heteroatoms. The molecule has 0 amide bonds. The van der Waals surface area contributed by atoms with Crippen LogP contribution in [-0.2, 0) is 0 Å². The van der Waals surface area contributed by atoms with Crippen molar-refractivity contribution >= 4 is 0 Å². The van der Waals surface area contributed by atoms with E-state index in [1.165, 1.54) is 19.3 Å². The molecule has 3 unspecified atom stereocenters. The zero-order valence-corrected chi connectivity index (χ0v) is 8.92. The fourth-order valence-corrected chi connectivity index (χ4v) is 3.84. The van der Waals surface area contributed by atoms with E-state index in [1.54, 1.807) is 0 Å². The van der Waals surface area contributed by atoms with Gasteiger partial charge in [0, 0.05) is 0 Å². The standard InChI is InChI=1S/C12H22O/c1-3-10(4-2)12(13)8-9-5-6-11(12)7-9/h9-11,13H,3-8H2,1-2H3. The van der Waals surface area contributed by atoms with Gasteiger partial charge in [-0.05, 0) is 43.4 Å². The fraction of sp³-hybridized carbons (Fsp3) is 1.00. The predicted molar refractivity (Wildman–Crippen MR) is 54.5 cm³/mol. The molecule has 2 rings (SSSR count). The maximum Gasteiger partial charge on any atom is 0.0706 e. The molecule has 0 aliphatic heterocycles. The lowest BCUT2D eigenvalue weighted by Gasteiger charge is -2.39. The molecule has 0 aromatic rings. The molecular formula is C12H22O. The first-order valence-electron chi connectivity index (χ1n) is 5.93. The van der Waals surface area contributed by atoms with Gasteiger partial charge < -0.3 is 5.11 Å².